The highest BCUT2D eigenvalue weighted by atomic mass is 32.1. The van der Waals surface area contributed by atoms with E-state index in [4.69, 9.17) is 0 Å². The van der Waals surface area contributed by atoms with Gasteiger partial charge in [-0.05, 0) is 36.0 Å². The quantitative estimate of drug-likeness (QED) is 0.716. The predicted octanol–water partition coefficient (Wildman–Crippen LogP) is 2.31. The summed E-state index contributed by atoms with van der Waals surface area (Å²) in [6.45, 7) is 0.579. The topological polar surface area (TPSA) is 29.1 Å². The van der Waals surface area contributed by atoms with E-state index in [9.17, 15) is 4.79 Å². The molecule has 0 heterocycles. The summed E-state index contributed by atoms with van der Waals surface area (Å²) in [6.07, 6.45) is 3.64. The normalized spacial score (nSPS) is 13.8. The molecule has 3 heteroatoms. The maximum atomic E-state index is 10.6. The minimum Gasteiger partial charge on any atom is -0.343 e. The Morgan fingerprint density at radius 1 is 1.36 bits per heavy atom. The van der Waals surface area contributed by atoms with E-state index in [-0.39, 0.29) is 5.24 Å². The number of carbonyl (C=O) groups excluding carboxylic acids is 1. The second kappa shape index (κ2) is 4.05. The first-order valence-corrected chi connectivity index (χ1v) is 5.28. The van der Waals surface area contributed by atoms with Gasteiger partial charge < -0.3 is 5.32 Å². The van der Waals surface area contributed by atoms with E-state index in [2.05, 4.69) is 36.1 Å². The molecule has 0 fully saturated rings. The lowest BCUT2D eigenvalue weighted by Crippen LogP contribution is -2.15. The third kappa shape index (κ3) is 2.10. The molecule has 2 nitrogen and oxygen atoms in total. The molecule has 0 atom stereocenters. The predicted molar refractivity (Wildman–Crippen MR) is 59.7 cm³/mol. The van der Waals surface area contributed by atoms with Crippen LogP contribution in [0, 0.1) is 0 Å². The first-order chi connectivity index (χ1) is 6.75. The largest absolute Gasteiger partial charge is 0.343 e. The zero-order valence-corrected chi connectivity index (χ0v) is 8.81. The molecule has 1 amide bonds. The second-order valence-electron chi connectivity index (χ2n) is 3.62. The van der Waals surface area contributed by atoms with Crippen molar-refractivity contribution in [2.24, 2.45) is 0 Å². The summed E-state index contributed by atoms with van der Waals surface area (Å²) in [5, 5.41) is 2.41. The molecule has 0 radical (unpaired) electrons. The van der Waals surface area contributed by atoms with Gasteiger partial charge in [0.2, 0.25) is 0 Å². The average molecular weight is 207 g/mol. The Bertz CT molecular complexity index is 362. The molecule has 14 heavy (non-hydrogen) atoms. The van der Waals surface area contributed by atoms with E-state index in [0.29, 0.717) is 6.54 Å². The zero-order valence-electron chi connectivity index (χ0n) is 7.92. The summed E-state index contributed by atoms with van der Waals surface area (Å²) in [4.78, 5) is 10.6. The lowest BCUT2D eigenvalue weighted by atomic mass is 10.1. The monoisotopic (exact) mass is 207 g/mol. The molecule has 1 aromatic rings. The van der Waals surface area contributed by atoms with Crippen LogP contribution in [0.3, 0.4) is 0 Å². The van der Waals surface area contributed by atoms with Crippen molar-refractivity contribution in [3.05, 3.63) is 34.9 Å². The highest BCUT2D eigenvalue weighted by Crippen LogP contribution is 2.22. The highest BCUT2D eigenvalue weighted by molar-refractivity contribution is 7.96. The van der Waals surface area contributed by atoms with Gasteiger partial charge in [0.05, 0.1) is 0 Å². The summed E-state index contributed by atoms with van der Waals surface area (Å²) < 4.78 is 0. The van der Waals surface area contributed by atoms with Crippen LogP contribution in [0.1, 0.15) is 23.1 Å². The fourth-order valence-corrected chi connectivity index (χ4v) is 1.99. The number of aryl methyl sites for hydroxylation is 2. The molecule has 0 aliphatic heterocycles. The molecule has 1 aliphatic rings. The van der Waals surface area contributed by atoms with Gasteiger partial charge in [0.25, 0.3) is 5.24 Å². The van der Waals surface area contributed by atoms with Gasteiger partial charge in [-0.3, -0.25) is 4.79 Å². The molecule has 0 saturated carbocycles. The van der Waals surface area contributed by atoms with E-state index in [1.807, 2.05) is 0 Å². The Hall–Kier alpha value is -0.960. The second-order valence-corrected chi connectivity index (χ2v) is 4.02. The van der Waals surface area contributed by atoms with E-state index in [1.54, 1.807) is 0 Å². The van der Waals surface area contributed by atoms with Crippen molar-refractivity contribution in [1.82, 2.24) is 5.32 Å². The number of hydrogen-bond donors (Lipinski definition) is 2. The van der Waals surface area contributed by atoms with Gasteiger partial charge >= 0.3 is 0 Å². The Balaban J connectivity index is 2.09. The van der Waals surface area contributed by atoms with E-state index >= 15 is 0 Å². The molecule has 0 spiro atoms. The van der Waals surface area contributed by atoms with Crippen LogP contribution < -0.4 is 5.32 Å². The molecule has 74 valence electrons. The van der Waals surface area contributed by atoms with E-state index in [1.165, 1.54) is 30.4 Å². The number of benzene rings is 1. The molecule has 0 bridgehead atoms. The Morgan fingerprint density at radius 2 is 2.14 bits per heavy atom. The first-order valence-electron chi connectivity index (χ1n) is 4.83. The lowest BCUT2D eigenvalue weighted by Gasteiger charge is -2.04. The molecule has 1 N–H and O–H groups in total. The van der Waals surface area contributed by atoms with Crippen molar-refractivity contribution < 1.29 is 4.79 Å². The van der Waals surface area contributed by atoms with Crippen LogP contribution in [0.2, 0.25) is 0 Å². The van der Waals surface area contributed by atoms with Gasteiger partial charge in [0, 0.05) is 6.54 Å². The highest BCUT2D eigenvalue weighted by Gasteiger charge is 2.10. The summed E-state index contributed by atoms with van der Waals surface area (Å²) in [5.74, 6) is 0. The van der Waals surface area contributed by atoms with Crippen molar-refractivity contribution >= 4 is 17.9 Å². The maximum Gasteiger partial charge on any atom is 0.276 e. The van der Waals surface area contributed by atoms with Gasteiger partial charge in [-0.1, -0.05) is 30.8 Å². The van der Waals surface area contributed by atoms with Gasteiger partial charge in [0.15, 0.2) is 0 Å². The van der Waals surface area contributed by atoms with Crippen LogP contribution in [-0.4, -0.2) is 5.24 Å². The van der Waals surface area contributed by atoms with Crippen molar-refractivity contribution in [3.63, 3.8) is 0 Å². The minimum absolute atomic E-state index is 0.273. The molecule has 0 aromatic heterocycles. The summed E-state index contributed by atoms with van der Waals surface area (Å²) >= 11 is 3.66. The number of nitrogens with one attached hydrogen (secondary N) is 1. The summed E-state index contributed by atoms with van der Waals surface area (Å²) in [7, 11) is 0. The fraction of sp³-hybridized carbons (Fsp3) is 0.364. The smallest absolute Gasteiger partial charge is 0.276 e. The van der Waals surface area contributed by atoms with E-state index in [0.717, 1.165) is 5.56 Å². The molecular formula is C11H13NOS. The summed E-state index contributed by atoms with van der Waals surface area (Å²) in [6, 6.07) is 6.43. The fourth-order valence-electron chi connectivity index (χ4n) is 1.91. The molecule has 0 saturated heterocycles. The van der Waals surface area contributed by atoms with Crippen LogP contribution in [-0.2, 0) is 19.4 Å². The van der Waals surface area contributed by atoms with Crippen molar-refractivity contribution in [1.29, 1.82) is 0 Å². The van der Waals surface area contributed by atoms with Gasteiger partial charge in [-0.25, -0.2) is 0 Å². The molecular weight excluding hydrogens is 194 g/mol. The van der Waals surface area contributed by atoms with Gasteiger partial charge in [-0.2, -0.15) is 0 Å². The third-order valence-corrected chi connectivity index (χ3v) is 2.76. The van der Waals surface area contributed by atoms with Crippen molar-refractivity contribution in [2.75, 3.05) is 0 Å². The number of carbonyl (C=O) groups is 1. The average Bonchev–Trinajstić information content (AvgIpc) is 2.61. The molecule has 0 unspecified atom stereocenters. The van der Waals surface area contributed by atoms with Crippen molar-refractivity contribution in [3.8, 4) is 0 Å². The zero-order chi connectivity index (χ0) is 9.97. The molecule has 1 aliphatic carbocycles. The van der Waals surface area contributed by atoms with Crippen LogP contribution >= 0.6 is 12.6 Å². The number of rotatable bonds is 2. The van der Waals surface area contributed by atoms with Crippen LogP contribution in [0.15, 0.2) is 18.2 Å². The Morgan fingerprint density at radius 3 is 2.93 bits per heavy atom. The van der Waals surface area contributed by atoms with Crippen LogP contribution in [0.5, 0.6) is 0 Å². The Kier molecular flexibility index (Phi) is 2.77. The standard InChI is InChI=1S/C11H13NOS/c13-11(14)12-7-8-4-5-9-2-1-3-10(9)6-8/h4-6H,1-3,7H2,(H2,12,13,14). The van der Waals surface area contributed by atoms with Crippen LogP contribution in [0.25, 0.3) is 0 Å². The van der Waals surface area contributed by atoms with Gasteiger partial charge in [0.1, 0.15) is 0 Å². The van der Waals surface area contributed by atoms with Gasteiger partial charge in [-0.15, -0.1) is 0 Å². The molecule has 1 aromatic carbocycles. The SMILES string of the molecule is O=C(S)NCc1ccc2c(c1)CCC2. The van der Waals surface area contributed by atoms with Crippen molar-refractivity contribution in [2.45, 2.75) is 25.8 Å². The Labute approximate surface area is 89.1 Å². The number of fused-ring (bicyclic) bond motifs is 1. The number of amides is 1. The molecule has 2 rings (SSSR count). The number of thiol groups is 1. The number of hydrogen-bond acceptors (Lipinski definition) is 1. The summed E-state index contributed by atoms with van der Waals surface area (Å²) in [5.41, 5.74) is 4.06. The van der Waals surface area contributed by atoms with Crippen LogP contribution in [0.4, 0.5) is 4.79 Å². The maximum absolute atomic E-state index is 10.6. The minimum atomic E-state index is -0.273. The van der Waals surface area contributed by atoms with E-state index < -0.39 is 0 Å². The third-order valence-electron chi connectivity index (χ3n) is 2.61. The lowest BCUT2D eigenvalue weighted by molar-refractivity contribution is 0.260. The first kappa shape index (κ1) is 9.59.